The maximum absolute atomic E-state index is 13.6. The summed E-state index contributed by atoms with van der Waals surface area (Å²) in [6.45, 7) is 8.54. The fourth-order valence-corrected chi connectivity index (χ4v) is 3.19. The highest BCUT2D eigenvalue weighted by atomic mass is 79.9. The molecule has 0 radical (unpaired) electrons. The van der Waals surface area contributed by atoms with Crippen LogP contribution in [0.15, 0.2) is 22.7 Å². The number of hydrogen-bond donors (Lipinski definition) is 1. The van der Waals surface area contributed by atoms with E-state index in [1.54, 1.807) is 6.07 Å². The van der Waals surface area contributed by atoms with Crippen LogP contribution in [0, 0.1) is 11.7 Å². The van der Waals surface area contributed by atoms with Crippen molar-refractivity contribution in [1.29, 1.82) is 0 Å². The molecule has 1 heterocycles. The van der Waals surface area contributed by atoms with Crippen molar-refractivity contribution in [3.8, 4) is 0 Å². The van der Waals surface area contributed by atoms with E-state index in [0.717, 1.165) is 42.6 Å². The molecule has 0 amide bonds. The van der Waals surface area contributed by atoms with E-state index in [2.05, 4.69) is 40.0 Å². The molecule has 0 aromatic heterocycles. The van der Waals surface area contributed by atoms with E-state index in [9.17, 15) is 4.39 Å². The van der Waals surface area contributed by atoms with Gasteiger partial charge < -0.3 is 5.32 Å². The third-order valence-electron chi connectivity index (χ3n) is 3.60. The molecule has 0 unspecified atom stereocenters. The molecule has 1 aliphatic rings. The Hall–Kier alpha value is -0.160. The molecule has 114 valence electrons. The average molecular weight is 366 g/mol. The van der Waals surface area contributed by atoms with Crippen LogP contribution in [0.3, 0.4) is 0 Å². The maximum Gasteiger partial charge on any atom is 0.123 e. The van der Waals surface area contributed by atoms with E-state index in [1.807, 2.05) is 6.07 Å². The van der Waals surface area contributed by atoms with Crippen molar-refractivity contribution in [1.82, 2.24) is 10.2 Å². The highest BCUT2D eigenvalue weighted by Crippen LogP contribution is 2.33. The zero-order valence-electron chi connectivity index (χ0n) is 12.0. The molecule has 0 aliphatic carbocycles. The number of halogens is 3. The molecule has 20 heavy (non-hydrogen) atoms. The van der Waals surface area contributed by atoms with Crippen molar-refractivity contribution >= 4 is 28.3 Å². The van der Waals surface area contributed by atoms with Gasteiger partial charge in [0.1, 0.15) is 5.82 Å². The molecule has 0 spiro atoms. The van der Waals surface area contributed by atoms with Crippen LogP contribution < -0.4 is 5.32 Å². The number of hydrogen-bond acceptors (Lipinski definition) is 2. The molecule has 0 bridgehead atoms. The summed E-state index contributed by atoms with van der Waals surface area (Å²) in [5.41, 5.74) is 1.08. The number of piperazine rings is 1. The minimum atomic E-state index is -0.151. The zero-order valence-corrected chi connectivity index (χ0v) is 14.4. The average Bonchev–Trinajstić information content (AvgIpc) is 2.40. The Labute approximate surface area is 135 Å². The Morgan fingerprint density at radius 2 is 1.95 bits per heavy atom. The number of nitrogens with one attached hydrogen (secondary N) is 1. The molecule has 1 aromatic carbocycles. The lowest BCUT2D eigenvalue weighted by Crippen LogP contribution is -2.45. The van der Waals surface area contributed by atoms with E-state index >= 15 is 0 Å². The van der Waals surface area contributed by atoms with Crippen LogP contribution in [0.5, 0.6) is 0 Å². The molecule has 1 saturated heterocycles. The Bertz CT molecular complexity index is 422. The van der Waals surface area contributed by atoms with Gasteiger partial charge in [0.15, 0.2) is 0 Å². The summed E-state index contributed by atoms with van der Waals surface area (Å²) in [6, 6.07) is 5.31. The SMILES string of the molecule is CC(C)C[C@@H](c1cc(F)ccc1Br)N1CCNCC1.Cl. The van der Waals surface area contributed by atoms with Crippen molar-refractivity contribution in [2.24, 2.45) is 5.92 Å². The van der Waals surface area contributed by atoms with Crippen LogP contribution in [0.2, 0.25) is 0 Å². The van der Waals surface area contributed by atoms with Crippen molar-refractivity contribution in [2.45, 2.75) is 26.3 Å². The molecule has 1 atom stereocenters. The molecule has 0 saturated carbocycles. The largest absolute Gasteiger partial charge is 0.314 e. The first-order valence-electron chi connectivity index (χ1n) is 6.97. The Morgan fingerprint density at radius 1 is 1.30 bits per heavy atom. The summed E-state index contributed by atoms with van der Waals surface area (Å²) in [7, 11) is 0. The van der Waals surface area contributed by atoms with Gasteiger partial charge in [0, 0.05) is 36.7 Å². The predicted molar refractivity (Wildman–Crippen MR) is 88.0 cm³/mol. The van der Waals surface area contributed by atoms with E-state index in [-0.39, 0.29) is 18.2 Å². The normalized spacial score (nSPS) is 17.9. The van der Waals surface area contributed by atoms with Gasteiger partial charge in [0.05, 0.1) is 0 Å². The number of rotatable bonds is 4. The van der Waals surface area contributed by atoms with Gasteiger partial charge in [-0.3, -0.25) is 4.90 Å². The molecule has 1 aliphatic heterocycles. The third kappa shape index (κ3) is 4.69. The summed E-state index contributed by atoms with van der Waals surface area (Å²) in [4.78, 5) is 2.47. The second-order valence-corrected chi connectivity index (χ2v) is 6.45. The highest BCUT2D eigenvalue weighted by molar-refractivity contribution is 9.10. The third-order valence-corrected chi connectivity index (χ3v) is 4.33. The zero-order chi connectivity index (χ0) is 13.8. The quantitative estimate of drug-likeness (QED) is 0.867. The van der Waals surface area contributed by atoms with Gasteiger partial charge in [-0.2, -0.15) is 0 Å². The van der Waals surface area contributed by atoms with Gasteiger partial charge in [-0.1, -0.05) is 29.8 Å². The minimum Gasteiger partial charge on any atom is -0.314 e. The molecular formula is C15H23BrClFN2. The summed E-state index contributed by atoms with van der Waals surface area (Å²) in [5.74, 6) is 0.442. The van der Waals surface area contributed by atoms with Crippen molar-refractivity contribution < 1.29 is 4.39 Å². The monoisotopic (exact) mass is 364 g/mol. The second-order valence-electron chi connectivity index (χ2n) is 5.60. The molecule has 1 aromatic rings. The second kappa shape index (κ2) is 8.32. The van der Waals surface area contributed by atoms with Gasteiger partial charge in [0.25, 0.3) is 0 Å². The fraction of sp³-hybridized carbons (Fsp3) is 0.600. The van der Waals surface area contributed by atoms with Gasteiger partial charge >= 0.3 is 0 Å². The molecule has 2 rings (SSSR count). The van der Waals surface area contributed by atoms with Crippen LogP contribution >= 0.6 is 28.3 Å². The van der Waals surface area contributed by atoms with Gasteiger partial charge in [-0.05, 0) is 36.1 Å². The summed E-state index contributed by atoms with van der Waals surface area (Å²) < 4.78 is 14.6. The van der Waals surface area contributed by atoms with Gasteiger partial charge in [-0.25, -0.2) is 4.39 Å². The summed E-state index contributed by atoms with van der Waals surface area (Å²) >= 11 is 3.58. The molecule has 1 fully saturated rings. The van der Waals surface area contributed by atoms with Crippen molar-refractivity contribution in [2.75, 3.05) is 26.2 Å². The van der Waals surface area contributed by atoms with Crippen molar-refractivity contribution in [3.05, 3.63) is 34.1 Å². The first kappa shape index (κ1) is 17.9. The highest BCUT2D eigenvalue weighted by Gasteiger charge is 2.24. The Balaban J connectivity index is 0.00000200. The number of benzene rings is 1. The van der Waals surface area contributed by atoms with E-state index in [4.69, 9.17) is 0 Å². The van der Waals surface area contributed by atoms with Crippen LogP contribution in [0.4, 0.5) is 4.39 Å². The van der Waals surface area contributed by atoms with Crippen LogP contribution in [-0.2, 0) is 0 Å². The topological polar surface area (TPSA) is 15.3 Å². The van der Waals surface area contributed by atoms with Crippen molar-refractivity contribution in [3.63, 3.8) is 0 Å². The van der Waals surface area contributed by atoms with E-state index < -0.39 is 0 Å². The Morgan fingerprint density at radius 3 is 2.55 bits per heavy atom. The predicted octanol–water partition coefficient (Wildman–Crippen LogP) is 4.00. The lowest BCUT2D eigenvalue weighted by Gasteiger charge is -2.36. The summed E-state index contributed by atoms with van der Waals surface area (Å²) in [5, 5.41) is 3.37. The molecular weight excluding hydrogens is 343 g/mol. The first-order chi connectivity index (χ1) is 9.08. The Kier molecular flexibility index (Phi) is 7.45. The van der Waals surface area contributed by atoms with Gasteiger partial charge in [-0.15, -0.1) is 12.4 Å². The lowest BCUT2D eigenvalue weighted by atomic mass is 9.95. The van der Waals surface area contributed by atoms with E-state index in [0.29, 0.717) is 12.0 Å². The molecule has 5 heteroatoms. The lowest BCUT2D eigenvalue weighted by molar-refractivity contribution is 0.153. The standard InChI is InChI=1S/C15H22BrFN2.ClH/c1-11(2)9-15(19-7-5-18-6-8-19)13-10-12(17)3-4-14(13)16;/h3-4,10-11,15,18H,5-9H2,1-2H3;1H/t15-;/m0./s1. The van der Waals surface area contributed by atoms with E-state index in [1.165, 1.54) is 6.07 Å². The first-order valence-corrected chi connectivity index (χ1v) is 7.77. The maximum atomic E-state index is 13.6. The molecule has 2 nitrogen and oxygen atoms in total. The number of nitrogens with zero attached hydrogens (tertiary/aromatic N) is 1. The summed E-state index contributed by atoms with van der Waals surface area (Å²) in [6.07, 6.45) is 1.06. The fourth-order valence-electron chi connectivity index (χ4n) is 2.68. The smallest absolute Gasteiger partial charge is 0.123 e. The van der Waals surface area contributed by atoms with Crippen LogP contribution in [-0.4, -0.2) is 31.1 Å². The van der Waals surface area contributed by atoms with Crippen LogP contribution in [0.1, 0.15) is 31.9 Å². The molecule has 1 N–H and O–H groups in total. The van der Waals surface area contributed by atoms with Gasteiger partial charge in [0.2, 0.25) is 0 Å². The van der Waals surface area contributed by atoms with Crippen LogP contribution in [0.25, 0.3) is 0 Å². The minimum absolute atomic E-state index is 0.